The zero-order chi connectivity index (χ0) is 18.5. The molecule has 0 aliphatic carbocycles. The molecule has 2 N–H and O–H groups in total. The summed E-state index contributed by atoms with van der Waals surface area (Å²) in [5.74, 6) is 0.598. The molecule has 0 bridgehead atoms. The van der Waals surface area contributed by atoms with Crippen LogP contribution in [0, 0.1) is 0 Å². The Morgan fingerprint density at radius 2 is 2.12 bits per heavy atom. The van der Waals surface area contributed by atoms with Gasteiger partial charge < -0.3 is 10.1 Å². The number of anilines is 1. The van der Waals surface area contributed by atoms with Crippen molar-refractivity contribution in [3.05, 3.63) is 70.2 Å². The van der Waals surface area contributed by atoms with Crippen LogP contribution >= 0.6 is 15.9 Å². The van der Waals surface area contributed by atoms with Crippen molar-refractivity contribution in [1.82, 2.24) is 15.2 Å². The zero-order valence-corrected chi connectivity index (χ0v) is 16.1. The predicted molar refractivity (Wildman–Crippen MR) is 103 cm³/mol. The number of carbonyl (C=O) groups excluding carboxylic acids is 1. The monoisotopic (exact) mass is 414 g/mol. The predicted octanol–water partition coefficient (Wildman–Crippen LogP) is 4.52. The Hall–Kier alpha value is -2.67. The van der Waals surface area contributed by atoms with E-state index >= 15 is 0 Å². The van der Waals surface area contributed by atoms with Crippen molar-refractivity contribution in [2.24, 2.45) is 0 Å². The summed E-state index contributed by atoms with van der Waals surface area (Å²) in [6.45, 7) is 4.42. The van der Waals surface area contributed by atoms with Crippen LogP contribution in [0.3, 0.4) is 0 Å². The minimum Gasteiger partial charge on any atom is -0.487 e. The van der Waals surface area contributed by atoms with Crippen LogP contribution in [-0.2, 0) is 6.61 Å². The van der Waals surface area contributed by atoms with Crippen molar-refractivity contribution < 1.29 is 9.53 Å². The molecule has 0 atom stereocenters. The molecule has 0 aliphatic heterocycles. The Morgan fingerprint density at radius 3 is 2.81 bits per heavy atom. The molecular formula is C19H19BrN4O2. The number of H-pyrrole nitrogens is 1. The van der Waals surface area contributed by atoms with Crippen LogP contribution in [-0.4, -0.2) is 21.1 Å². The average Bonchev–Trinajstić information content (AvgIpc) is 3.03. The highest BCUT2D eigenvalue weighted by Gasteiger charge is 2.19. The standard InChI is InChI=1S/C19H19BrN4O2/c1-12(2)17-16(20)18(24-23-17)19(25)22-13-7-5-8-15(10-13)26-11-14-6-3-4-9-21-14/h3-10,12H,11H2,1-2H3,(H,22,25)(H,23,24). The van der Waals surface area contributed by atoms with Crippen molar-refractivity contribution in [3.8, 4) is 5.75 Å². The number of nitrogens with one attached hydrogen (secondary N) is 2. The van der Waals surface area contributed by atoms with Gasteiger partial charge in [0.15, 0.2) is 5.69 Å². The smallest absolute Gasteiger partial charge is 0.277 e. The Morgan fingerprint density at radius 1 is 1.27 bits per heavy atom. The number of hydrogen-bond donors (Lipinski definition) is 2. The van der Waals surface area contributed by atoms with E-state index in [4.69, 9.17) is 4.74 Å². The molecule has 0 saturated heterocycles. The maximum absolute atomic E-state index is 12.5. The molecule has 26 heavy (non-hydrogen) atoms. The number of amides is 1. The molecular weight excluding hydrogens is 396 g/mol. The lowest BCUT2D eigenvalue weighted by atomic mass is 10.1. The number of aromatic nitrogens is 3. The van der Waals surface area contributed by atoms with Gasteiger partial charge >= 0.3 is 0 Å². The molecule has 3 aromatic rings. The molecule has 0 unspecified atom stereocenters. The summed E-state index contributed by atoms with van der Waals surface area (Å²) < 4.78 is 6.42. The number of pyridine rings is 1. The summed E-state index contributed by atoms with van der Waals surface area (Å²) in [4.78, 5) is 16.7. The molecule has 7 heteroatoms. The highest BCUT2D eigenvalue weighted by molar-refractivity contribution is 9.10. The number of nitrogens with zero attached hydrogens (tertiary/aromatic N) is 2. The van der Waals surface area contributed by atoms with Crippen LogP contribution in [0.4, 0.5) is 5.69 Å². The second-order valence-corrected chi connectivity index (χ2v) is 6.84. The molecule has 3 rings (SSSR count). The van der Waals surface area contributed by atoms with E-state index in [1.165, 1.54) is 0 Å². The number of aromatic amines is 1. The first-order chi connectivity index (χ1) is 12.5. The van der Waals surface area contributed by atoms with Crippen LogP contribution in [0.15, 0.2) is 53.1 Å². The third kappa shape index (κ3) is 4.29. The van der Waals surface area contributed by atoms with Crippen molar-refractivity contribution in [1.29, 1.82) is 0 Å². The van der Waals surface area contributed by atoms with Crippen molar-refractivity contribution in [3.63, 3.8) is 0 Å². The van der Waals surface area contributed by atoms with Gasteiger partial charge in [0, 0.05) is 18.0 Å². The third-order valence-electron chi connectivity index (χ3n) is 3.73. The molecule has 6 nitrogen and oxygen atoms in total. The van der Waals surface area contributed by atoms with Crippen LogP contribution in [0.1, 0.15) is 41.6 Å². The van der Waals surface area contributed by atoms with Gasteiger partial charge in [-0.05, 0) is 46.1 Å². The quantitative estimate of drug-likeness (QED) is 0.620. The fraction of sp³-hybridized carbons (Fsp3) is 0.211. The highest BCUT2D eigenvalue weighted by atomic mass is 79.9. The van der Waals surface area contributed by atoms with Crippen molar-refractivity contribution in [2.45, 2.75) is 26.4 Å². The van der Waals surface area contributed by atoms with E-state index in [0.717, 1.165) is 11.4 Å². The maximum atomic E-state index is 12.5. The lowest BCUT2D eigenvalue weighted by Gasteiger charge is -2.08. The van der Waals surface area contributed by atoms with E-state index in [2.05, 4.69) is 36.4 Å². The summed E-state index contributed by atoms with van der Waals surface area (Å²) in [6, 6.07) is 12.9. The van der Waals surface area contributed by atoms with E-state index in [1.54, 1.807) is 18.3 Å². The molecule has 0 radical (unpaired) electrons. The molecule has 0 spiro atoms. The topological polar surface area (TPSA) is 79.9 Å². The molecule has 1 aromatic carbocycles. The Kier molecular flexibility index (Phi) is 5.68. The second-order valence-electron chi connectivity index (χ2n) is 6.05. The lowest BCUT2D eigenvalue weighted by molar-refractivity contribution is 0.102. The van der Waals surface area contributed by atoms with Crippen molar-refractivity contribution >= 4 is 27.5 Å². The molecule has 134 valence electrons. The number of rotatable bonds is 6. The number of hydrogen-bond acceptors (Lipinski definition) is 4. The fourth-order valence-electron chi connectivity index (χ4n) is 2.37. The molecule has 1 amide bonds. The average molecular weight is 415 g/mol. The van der Waals surface area contributed by atoms with Gasteiger partial charge in [0.25, 0.3) is 5.91 Å². The first-order valence-electron chi connectivity index (χ1n) is 8.22. The van der Waals surface area contributed by atoms with E-state index in [-0.39, 0.29) is 11.8 Å². The van der Waals surface area contributed by atoms with Gasteiger partial charge in [-0.3, -0.25) is 14.9 Å². The van der Waals surface area contributed by atoms with Gasteiger partial charge in [-0.25, -0.2) is 0 Å². The number of carbonyl (C=O) groups is 1. The minimum atomic E-state index is -0.290. The fourth-order valence-corrected chi connectivity index (χ4v) is 3.18. The molecule has 0 fully saturated rings. The largest absolute Gasteiger partial charge is 0.487 e. The molecule has 0 aliphatic rings. The van der Waals surface area contributed by atoms with Gasteiger partial charge in [0.1, 0.15) is 12.4 Å². The normalized spacial score (nSPS) is 10.8. The lowest BCUT2D eigenvalue weighted by Crippen LogP contribution is -2.13. The zero-order valence-electron chi connectivity index (χ0n) is 14.5. The van der Waals surface area contributed by atoms with Crippen LogP contribution < -0.4 is 10.1 Å². The Labute approximate surface area is 160 Å². The van der Waals surface area contributed by atoms with E-state index < -0.39 is 0 Å². The minimum absolute atomic E-state index is 0.238. The third-order valence-corrected chi connectivity index (χ3v) is 4.53. The van der Waals surface area contributed by atoms with Gasteiger partial charge in [0.05, 0.1) is 15.9 Å². The summed E-state index contributed by atoms with van der Waals surface area (Å²) in [5.41, 5.74) is 2.69. The first-order valence-corrected chi connectivity index (χ1v) is 9.01. The SMILES string of the molecule is CC(C)c1[nH]nc(C(=O)Nc2cccc(OCc3ccccn3)c2)c1Br. The summed E-state index contributed by atoms with van der Waals surface area (Å²) in [5, 5.41) is 9.85. The summed E-state index contributed by atoms with van der Waals surface area (Å²) >= 11 is 3.44. The van der Waals surface area contributed by atoms with E-state index in [9.17, 15) is 4.79 Å². The van der Waals surface area contributed by atoms with Gasteiger partial charge in [-0.1, -0.05) is 26.0 Å². The van der Waals surface area contributed by atoms with Gasteiger partial charge in [-0.2, -0.15) is 5.10 Å². The second kappa shape index (κ2) is 8.14. The maximum Gasteiger partial charge on any atom is 0.277 e. The van der Waals surface area contributed by atoms with Gasteiger partial charge in [0.2, 0.25) is 0 Å². The van der Waals surface area contributed by atoms with Gasteiger partial charge in [-0.15, -0.1) is 0 Å². The summed E-state index contributed by atoms with van der Waals surface area (Å²) in [6.07, 6.45) is 1.72. The van der Waals surface area contributed by atoms with Crippen molar-refractivity contribution in [2.75, 3.05) is 5.32 Å². The van der Waals surface area contributed by atoms with E-state index in [0.29, 0.717) is 28.2 Å². The highest BCUT2D eigenvalue weighted by Crippen LogP contribution is 2.26. The van der Waals surface area contributed by atoms with E-state index in [1.807, 2.05) is 44.2 Å². The molecule has 2 heterocycles. The Balaban J connectivity index is 1.67. The number of benzene rings is 1. The first kappa shape index (κ1) is 18.1. The summed E-state index contributed by atoms with van der Waals surface area (Å²) in [7, 11) is 0. The number of halogens is 1. The Bertz CT molecular complexity index is 894. The van der Waals surface area contributed by atoms with Crippen LogP contribution in [0.2, 0.25) is 0 Å². The molecule has 2 aromatic heterocycles. The molecule has 0 saturated carbocycles. The van der Waals surface area contributed by atoms with Crippen LogP contribution in [0.5, 0.6) is 5.75 Å². The van der Waals surface area contributed by atoms with Crippen LogP contribution in [0.25, 0.3) is 0 Å². The number of ether oxygens (including phenoxy) is 1.